The Morgan fingerprint density at radius 1 is 1.14 bits per heavy atom. The SMILES string of the molecule is NC1CCC(N2CC[C@@H](NC(=O)CNC(=O)c3cccc(C(F)(F)F)c3)C2)CC1. The highest BCUT2D eigenvalue weighted by molar-refractivity contribution is 5.96. The number of rotatable bonds is 5. The number of nitrogens with one attached hydrogen (secondary N) is 2. The second kappa shape index (κ2) is 9.13. The zero-order chi connectivity index (χ0) is 21.0. The van der Waals surface area contributed by atoms with Gasteiger partial charge in [0, 0.05) is 36.8 Å². The number of hydrogen-bond acceptors (Lipinski definition) is 4. The lowest BCUT2D eigenvalue weighted by molar-refractivity contribution is -0.137. The molecule has 1 aliphatic heterocycles. The van der Waals surface area contributed by atoms with Crippen LogP contribution in [-0.4, -0.2) is 54.5 Å². The number of alkyl halides is 3. The summed E-state index contributed by atoms with van der Waals surface area (Å²) in [5.41, 5.74) is 4.92. The van der Waals surface area contributed by atoms with Crippen LogP contribution in [0.1, 0.15) is 48.0 Å². The van der Waals surface area contributed by atoms with E-state index in [1.165, 1.54) is 12.1 Å². The van der Waals surface area contributed by atoms with Gasteiger partial charge in [-0.1, -0.05) is 6.07 Å². The van der Waals surface area contributed by atoms with Crippen LogP contribution in [0.3, 0.4) is 0 Å². The van der Waals surface area contributed by atoms with Crippen LogP contribution in [-0.2, 0) is 11.0 Å². The van der Waals surface area contributed by atoms with Crippen molar-refractivity contribution in [3.8, 4) is 0 Å². The smallest absolute Gasteiger partial charge is 0.350 e. The topological polar surface area (TPSA) is 87.5 Å². The highest BCUT2D eigenvalue weighted by Gasteiger charge is 2.32. The predicted molar refractivity (Wildman–Crippen MR) is 102 cm³/mol. The summed E-state index contributed by atoms with van der Waals surface area (Å²) < 4.78 is 38.3. The van der Waals surface area contributed by atoms with Crippen LogP contribution < -0.4 is 16.4 Å². The molecule has 0 radical (unpaired) electrons. The van der Waals surface area contributed by atoms with Gasteiger partial charge in [0.25, 0.3) is 5.91 Å². The van der Waals surface area contributed by atoms with E-state index in [4.69, 9.17) is 5.73 Å². The van der Waals surface area contributed by atoms with Gasteiger partial charge in [-0.3, -0.25) is 14.5 Å². The zero-order valence-electron chi connectivity index (χ0n) is 16.2. The molecule has 1 aromatic carbocycles. The first-order valence-electron chi connectivity index (χ1n) is 9.97. The molecule has 1 saturated carbocycles. The lowest BCUT2D eigenvalue weighted by Gasteiger charge is -2.33. The number of hydrogen-bond donors (Lipinski definition) is 3. The fourth-order valence-corrected chi connectivity index (χ4v) is 4.08. The minimum atomic E-state index is -4.52. The molecule has 6 nitrogen and oxygen atoms in total. The molecule has 1 atom stereocenters. The molecule has 1 saturated heterocycles. The fourth-order valence-electron chi connectivity index (χ4n) is 4.08. The molecule has 9 heteroatoms. The van der Waals surface area contributed by atoms with Gasteiger partial charge in [0.2, 0.25) is 5.91 Å². The number of nitrogens with two attached hydrogens (primary N) is 1. The van der Waals surface area contributed by atoms with E-state index in [-0.39, 0.29) is 24.1 Å². The molecule has 29 heavy (non-hydrogen) atoms. The molecule has 2 amide bonds. The Kier molecular flexibility index (Phi) is 6.79. The number of likely N-dealkylation sites (tertiary alicyclic amines) is 1. The summed E-state index contributed by atoms with van der Waals surface area (Å²) in [4.78, 5) is 26.6. The maximum absolute atomic E-state index is 12.8. The van der Waals surface area contributed by atoms with E-state index >= 15 is 0 Å². The third-order valence-corrected chi connectivity index (χ3v) is 5.70. The van der Waals surface area contributed by atoms with Gasteiger partial charge in [-0.05, 0) is 50.3 Å². The van der Waals surface area contributed by atoms with Crippen LogP contribution in [0, 0.1) is 0 Å². The van der Waals surface area contributed by atoms with Crippen LogP contribution >= 0.6 is 0 Å². The second-order valence-electron chi connectivity index (χ2n) is 7.88. The Bertz CT molecular complexity index is 733. The molecule has 2 fully saturated rings. The van der Waals surface area contributed by atoms with Crippen molar-refractivity contribution >= 4 is 11.8 Å². The van der Waals surface area contributed by atoms with Gasteiger partial charge >= 0.3 is 6.18 Å². The number of nitrogens with zero attached hydrogens (tertiary/aromatic N) is 1. The van der Waals surface area contributed by atoms with Crippen molar-refractivity contribution in [3.63, 3.8) is 0 Å². The molecule has 4 N–H and O–H groups in total. The maximum atomic E-state index is 12.8. The average molecular weight is 412 g/mol. The number of halogens is 3. The van der Waals surface area contributed by atoms with E-state index in [0.717, 1.165) is 57.3 Å². The van der Waals surface area contributed by atoms with Gasteiger partial charge in [0.1, 0.15) is 0 Å². The molecule has 1 heterocycles. The van der Waals surface area contributed by atoms with E-state index in [9.17, 15) is 22.8 Å². The number of benzene rings is 1. The van der Waals surface area contributed by atoms with Crippen molar-refractivity contribution in [1.82, 2.24) is 15.5 Å². The summed E-state index contributed by atoms with van der Waals surface area (Å²) in [6.45, 7) is 1.42. The minimum Gasteiger partial charge on any atom is -0.350 e. The fraction of sp³-hybridized carbons (Fsp3) is 0.600. The highest BCUT2D eigenvalue weighted by atomic mass is 19.4. The summed E-state index contributed by atoms with van der Waals surface area (Å²) in [6, 6.07) is 4.95. The Morgan fingerprint density at radius 2 is 1.86 bits per heavy atom. The van der Waals surface area contributed by atoms with Crippen molar-refractivity contribution in [2.24, 2.45) is 5.73 Å². The standard InChI is InChI=1S/C20H27F3N4O2/c21-20(22,23)14-3-1-2-13(10-14)19(29)25-11-18(28)26-16-8-9-27(12-16)17-6-4-15(24)5-7-17/h1-3,10,15-17H,4-9,11-12,24H2,(H,25,29)(H,26,28)/t15?,16-,17?/m1/s1. The lowest BCUT2D eigenvalue weighted by Crippen LogP contribution is -2.45. The van der Waals surface area contributed by atoms with Crippen LogP contribution in [0.4, 0.5) is 13.2 Å². The van der Waals surface area contributed by atoms with Crippen LogP contribution in [0.2, 0.25) is 0 Å². The van der Waals surface area contributed by atoms with E-state index in [2.05, 4.69) is 15.5 Å². The zero-order valence-corrected chi connectivity index (χ0v) is 16.2. The third-order valence-electron chi connectivity index (χ3n) is 5.70. The van der Waals surface area contributed by atoms with E-state index in [1.807, 2.05) is 0 Å². The first kappa shape index (κ1) is 21.6. The largest absolute Gasteiger partial charge is 0.416 e. The number of carbonyl (C=O) groups is 2. The summed E-state index contributed by atoms with van der Waals surface area (Å²) in [5, 5.41) is 5.28. The lowest BCUT2D eigenvalue weighted by atomic mass is 9.91. The first-order chi connectivity index (χ1) is 13.7. The molecule has 3 rings (SSSR count). The molecule has 1 aromatic rings. The van der Waals surface area contributed by atoms with Crippen LogP contribution in [0.25, 0.3) is 0 Å². The highest BCUT2D eigenvalue weighted by Crippen LogP contribution is 2.29. The minimum absolute atomic E-state index is 0.0172. The molecule has 160 valence electrons. The van der Waals surface area contributed by atoms with Crippen molar-refractivity contribution in [3.05, 3.63) is 35.4 Å². The van der Waals surface area contributed by atoms with E-state index in [0.29, 0.717) is 12.1 Å². The van der Waals surface area contributed by atoms with Gasteiger partial charge in [0.15, 0.2) is 0 Å². The quantitative estimate of drug-likeness (QED) is 0.689. The van der Waals surface area contributed by atoms with Crippen LogP contribution in [0.5, 0.6) is 0 Å². The molecular formula is C20H27F3N4O2. The van der Waals surface area contributed by atoms with Crippen molar-refractivity contribution in [2.45, 2.75) is 56.4 Å². The van der Waals surface area contributed by atoms with Gasteiger partial charge in [-0.15, -0.1) is 0 Å². The van der Waals surface area contributed by atoms with Crippen molar-refractivity contribution < 1.29 is 22.8 Å². The average Bonchev–Trinajstić information content (AvgIpc) is 3.14. The first-order valence-corrected chi connectivity index (χ1v) is 9.97. The van der Waals surface area contributed by atoms with E-state index in [1.54, 1.807) is 0 Å². The molecule has 0 spiro atoms. The van der Waals surface area contributed by atoms with Crippen molar-refractivity contribution in [1.29, 1.82) is 0 Å². The maximum Gasteiger partial charge on any atom is 0.416 e. The number of carbonyl (C=O) groups excluding carboxylic acids is 2. The molecule has 0 aromatic heterocycles. The summed E-state index contributed by atoms with van der Waals surface area (Å²) >= 11 is 0. The monoisotopic (exact) mass is 412 g/mol. The Morgan fingerprint density at radius 3 is 2.55 bits per heavy atom. The molecule has 2 aliphatic rings. The van der Waals surface area contributed by atoms with E-state index < -0.39 is 17.6 Å². The van der Waals surface area contributed by atoms with Gasteiger partial charge in [-0.25, -0.2) is 0 Å². The summed E-state index contributed by atoms with van der Waals surface area (Å²) in [5.74, 6) is -1.05. The van der Waals surface area contributed by atoms with Gasteiger partial charge < -0.3 is 16.4 Å². The molecule has 1 aliphatic carbocycles. The summed E-state index contributed by atoms with van der Waals surface area (Å²) in [7, 11) is 0. The number of amides is 2. The Balaban J connectivity index is 1.43. The van der Waals surface area contributed by atoms with Crippen molar-refractivity contribution in [2.75, 3.05) is 19.6 Å². The Hall–Kier alpha value is -2.13. The third kappa shape index (κ3) is 5.93. The molecular weight excluding hydrogens is 385 g/mol. The Labute approximate surface area is 168 Å². The summed E-state index contributed by atoms with van der Waals surface area (Å²) in [6.07, 6.45) is 0.532. The molecule has 0 bridgehead atoms. The normalized spacial score (nSPS) is 25.6. The molecule has 0 unspecified atom stereocenters. The second-order valence-corrected chi connectivity index (χ2v) is 7.88. The predicted octanol–water partition coefficient (Wildman–Crippen LogP) is 1.90. The van der Waals surface area contributed by atoms with Crippen LogP contribution in [0.15, 0.2) is 24.3 Å². The van der Waals surface area contributed by atoms with Gasteiger partial charge in [0.05, 0.1) is 12.1 Å². The van der Waals surface area contributed by atoms with Gasteiger partial charge in [-0.2, -0.15) is 13.2 Å².